The van der Waals surface area contributed by atoms with Crippen molar-refractivity contribution in [2.24, 2.45) is 13.0 Å². The first-order valence-corrected chi connectivity index (χ1v) is 9.31. The van der Waals surface area contributed by atoms with Crippen molar-refractivity contribution in [2.75, 3.05) is 23.3 Å². The smallest absolute Gasteiger partial charge is 0.268 e. The molecule has 0 spiro atoms. The van der Waals surface area contributed by atoms with Crippen LogP contribution >= 0.6 is 0 Å². The van der Waals surface area contributed by atoms with Crippen molar-refractivity contribution >= 4 is 17.3 Å². The number of aryl methyl sites for hydroxylation is 3. The molecule has 1 unspecified atom stereocenters. The van der Waals surface area contributed by atoms with Crippen LogP contribution in [-0.4, -0.2) is 28.8 Å². The molecule has 2 heterocycles. The van der Waals surface area contributed by atoms with Crippen LogP contribution in [0.4, 0.5) is 11.4 Å². The van der Waals surface area contributed by atoms with Gasteiger partial charge in [0.25, 0.3) is 5.56 Å². The molecule has 136 valence electrons. The minimum absolute atomic E-state index is 0.0597. The zero-order valence-corrected chi connectivity index (χ0v) is 15.1. The number of piperidine rings is 1. The zero-order valence-electron chi connectivity index (χ0n) is 15.1. The number of amides is 1. The van der Waals surface area contributed by atoms with Crippen molar-refractivity contribution in [3.8, 4) is 0 Å². The first-order valence-electron chi connectivity index (χ1n) is 9.31. The molecule has 2 aromatic rings. The standard InChI is InChI=1S/C20H24N4O2/c1-23-19(25)11-18(12-21-23)24-9-3-6-16(13-24)20(26)22-17-8-7-14-4-2-5-15(14)10-17/h7-8,10-12,16H,2-6,9,13H2,1H3,(H,22,26). The number of carbonyl (C=O) groups excluding carboxylic acids is 1. The molecular weight excluding hydrogens is 328 g/mol. The molecule has 0 radical (unpaired) electrons. The van der Waals surface area contributed by atoms with Gasteiger partial charge in [0.1, 0.15) is 0 Å². The van der Waals surface area contributed by atoms with E-state index in [1.54, 1.807) is 19.3 Å². The molecule has 1 fully saturated rings. The van der Waals surface area contributed by atoms with Crippen LogP contribution in [0.1, 0.15) is 30.4 Å². The Bertz CT molecular complexity index is 890. The van der Waals surface area contributed by atoms with Crippen LogP contribution in [0.5, 0.6) is 0 Å². The second-order valence-corrected chi connectivity index (χ2v) is 7.29. The summed E-state index contributed by atoms with van der Waals surface area (Å²) in [5.41, 5.74) is 4.32. The van der Waals surface area contributed by atoms with E-state index >= 15 is 0 Å². The number of benzene rings is 1. The fourth-order valence-corrected chi connectivity index (χ4v) is 3.95. The van der Waals surface area contributed by atoms with E-state index in [1.807, 2.05) is 6.07 Å². The van der Waals surface area contributed by atoms with Gasteiger partial charge in [-0.2, -0.15) is 5.10 Å². The van der Waals surface area contributed by atoms with Gasteiger partial charge in [0.15, 0.2) is 0 Å². The number of nitrogens with zero attached hydrogens (tertiary/aromatic N) is 3. The maximum absolute atomic E-state index is 12.7. The predicted molar refractivity (Wildman–Crippen MR) is 102 cm³/mol. The lowest BCUT2D eigenvalue weighted by Gasteiger charge is -2.33. The molecule has 4 rings (SSSR count). The Balaban J connectivity index is 1.44. The molecule has 1 aliphatic heterocycles. The molecule has 1 amide bonds. The lowest BCUT2D eigenvalue weighted by molar-refractivity contribution is -0.120. The summed E-state index contributed by atoms with van der Waals surface area (Å²) >= 11 is 0. The van der Waals surface area contributed by atoms with Gasteiger partial charge in [-0.25, -0.2) is 4.68 Å². The third-order valence-corrected chi connectivity index (χ3v) is 5.48. The highest BCUT2D eigenvalue weighted by atomic mass is 16.2. The molecule has 0 bridgehead atoms. The highest BCUT2D eigenvalue weighted by Crippen LogP contribution is 2.26. The predicted octanol–water partition coefficient (Wildman–Crippen LogP) is 2.12. The van der Waals surface area contributed by atoms with Crippen molar-refractivity contribution in [1.29, 1.82) is 0 Å². The molecule has 1 aliphatic carbocycles. The summed E-state index contributed by atoms with van der Waals surface area (Å²) < 4.78 is 1.31. The fraction of sp³-hybridized carbons (Fsp3) is 0.450. The topological polar surface area (TPSA) is 67.2 Å². The summed E-state index contributed by atoms with van der Waals surface area (Å²) in [6.45, 7) is 1.46. The van der Waals surface area contributed by atoms with Gasteiger partial charge in [-0.15, -0.1) is 0 Å². The molecule has 0 saturated carbocycles. The van der Waals surface area contributed by atoms with Gasteiger partial charge in [0, 0.05) is 31.9 Å². The molecule has 1 N–H and O–H groups in total. The maximum atomic E-state index is 12.7. The van der Waals surface area contributed by atoms with Crippen molar-refractivity contribution in [1.82, 2.24) is 9.78 Å². The first-order chi connectivity index (χ1) is 12.6. The van der Waals surface area contributed by atoms with E-state index in [1.165, 1.54) is 22.2 Å². The molecule has 1 saturated heterocycles. The van der Waals surface area contributed by atoms with E-state index in [0.717, 1.165) is 43.6 Å². The van der Waals surface area contributed by atoms with Crippen molar-refractivity contribution in [3.63, 3.8) is 0 Å². The summed E-state index contributed by atoms with van der Waals surface area (Å²) in [6.07, 6.45) is 6.94. The SMILES string of the molecule is Cn1ncc(N2CCCC(C(=O)Nc3ccc4c(c3)CCC4)C2)cc1=O. The Morgan fingerprint density at radius 2 is 2.04 bits per heavy atom. The number of hydrogen-bond acceptors (Lipinski definition) is 4. The molecule has 1 atom stereocenters. The summed E-state index contributed by atoms with van der Waals surface area (Å²) in [7, 11) is 1.63. The van der Waals surface area contributed by atoms with Gasteiger partial charge in [0.2, 0.25) is 5.91 Å². The lowest BCUT2D eigenvalue weighted by Crippen LogP contribution is -2.41. The van der Waals surface area contributed by atoms with E-state index in [-0.39, 0.29) is 17.4 Å². The van der Waals surface area contributed by atoms with Gasteiger partial charge in [-0.1, -0.05) is 6.07 Å². The average Bonchev–Trinajstić information content (AvgIpc) is 3.12. The maximum Gasteiger partial charge on any atom is 0.268 e. The molecule has 1 aromatic carbocycles. The number of hydrogen-bond donors (Lipinski definition) is 1. The van der Waals surface area contributed by atoms with Crippen LogP contribution in [0.3, 0.4) is 0 Å². The normalized spacial score (nSPS) is 19.3. The van der Waals surface area contributed by atoms with Gasteiger partial charge in [-0.05, 0) is 55.4 Å². The summed E-state index contributed by atoms with van der Waals surface area (Å²) in [5, 5.41) is 7.17. The summed E-state index contributed by atoms with van der Waals surface area (Å²) in [5.74, 6) is -0.0227. The number of carbonyl (C=O) groups is 1. The van der Waals surface area contributed by atoms with Crippen LogP contribution < -0.4 is 15.8 Å². The molecule has 2 aliphatic rings. The zero-order chi connectivity index (χ0) is 18.1. The second kappa shape index (κ2) is 6.94. The molecule has 6 nitrogen and oxygen atoms in total. The monoisotopic (exact) mass is 352 g/mol. The fourth-order valence-electron chi connectivity index (χ4n) is 3.95. The first kappa shape index (κ1) is 16.8. The summed E-state index contributed by atoms with van der Waals surface area (Å²) in [6, 6.07) is 7.85. The molecule has 26 heavy (non-hydrogen) atoms. The van der Waals surface area contributed by atoms with Crippen LogP contribution in [-0.2, 0) is 24.7 Å². The van der Waals surface area contributed by atoms with E-state index < -0.39 is 0 Å². The van der Waals surface area contributed by atoms with Crippen molar-refractivity contribution < 1.29 is 4.79 Å². The Morgan fingerprint density at radius 1 is 1.19 bits per heavy atom. The van der Waals surface area contributed by atoms with E-state index in [0.29, 0.717) is 6.54 Å². The number of fused-ring (bicyclic) bond motifs is 1. The number of aromatic nitrogens is 2. The molecule has 6 heteroatoms. The minimum Gasteiger partial charge on any atom is -0.369 e. The third kappa shape index (κ3) is 3.36. The van der Waals surface area contributed by atoms with E-state index in [2.05, 4.69) is 27.4 Å². The van der Waals surface area contributed by atoms with Crippen molar-refractivity contribution in [3.05, 3.63) is 51.9 Å². The second-order valence-electron chi connectivity index (χ2n) is 7.29. The van der Waals surface area contributed by atoms with E-state index in [9.17, 15) is 9.59 Å². The minimum atomic E-state index is -0.132. The largest absolute Gasteiger partial charge is 0.369 e. The highest BCUT2D eigenvalue weighted by Gasteiger charge is 2.26. The van der Waals surface area contributed by atoms with Crippen molar-refractivity contribution in [2.45, 2.75) is 32.1 Å². The van der Waals surface area contributed by atoms with Crippen LogP contribution in [0.25, 0.3) is 0 Å². The Hall–Kier alpha value is -2.63. The number of nitrogens with one attached hydrogen (secondary N) is 1. The molecule has 1 aromatic heterocycles. The van der Waals surface area contributed by atoms with Gasteiger partial charge in [-0.3, -0.25) is 9.59 Å². The highest BCUT2D eigenvalue weighted by molar-refractivity contribution is 5.93. The Labute approximate surface area is 152 Å². The van der Waals surface area contributed by atoms with Gasteiger partial charge >= 0.3 is 0 Å². The van der Waals surface area contributed by atoms with Crippen LogP contribution in [0, 0.1) is 5.92 Å². The van der Waals surface area contributed by atoms with E-state index in [4.69, 9.17) is 0 Å². The molecular formula is C20H24N4O2. The van der Waals surface area contributed by atoms with Gasteiger partial charge in [0.05, 0.1) is 17.8 Å². The third-order valence-electron chi connectivity index (χ3n) is 5.48. The number of anilines is 2. The van der Waals surface area contributed by atoms with Crippen LogP contribution in [0.15, 0.2) is 35.3 Å². The quantitative estimate of drug-likeness (QED) is 0.919. The van der Waals surface area contributed by atoms with Gasteiger partial charge < -0.3 is 10.2 Å². The number of rotatable bonds is 3. The Morgan fingerprint density at radius 3 is 2.88 bits per heavy atom. The average molecular weight is 352 g/mol. The Kier molecular flexibility index (Phi) is 4.49. The summed E-state index contributed by atoms with van der Waals surface area (Å²) in [4.78, 5) is 26.7. The van der Waals surface area contributed by atoms with Crippen LogP contribution in [0.2, 0.25) is 0 Å². The lowest BCUT2D eigenvalue weighted by atomic mass is 9.96.